The molecule has 246 valence electrons. The van der Waals surface area contributed by atoms with Crippen molar-refractivity contribution >= 4 is 21.9 Å². The van der Waals surface area contributed by atoms with Crippen molar-refractivity contribution in [3.8, 4) is 67.5 Å². The Morgan fingerprint density at radius 2 is 0.923 bits per heavy atom. The minimum absolute atomic E-state index is 0.0538. The summed E-state index contributed by atoms with van der Waals surface area (Å²) < 4.78 is 6.48. The standard InChI is InChI=1S/C48H33N3O/c1-48(2)41-19-10-9-18-37(41)38-23-20-33(28-42(38)48)34-21-24-39-40-27-36(22-25-43(40)52-44(39)29-34)47-50-45(31-14-7-4-8-15-31)49-46(51-47)35-17-11-16-32(26-35)30-12-5-3-6-13-30/h3-29H,1-2H3. The van der Waals surface area contributed by atoms with E-state index < -0.39 is 0 Å². The third-order valence-electron chi connectivity index (χ3n) is 10.5. The van der Waals surface area contributed by atoms with Gasteiger partial charge >= 0.3 is 0 Å². The summed E-state index contributed by atoms with van der Waals surface area (Å²) in [6.45, 7) is 4.64. The lowest BCUT2D eigenvalue weighted by atomic mass is 9.81. The molecule has 0 bridgehead atoms. The summed E-state index contributed by atoms with van der Waals surface area (Å²) in [5.41, 5.74) is 14.4. The van der Waals surface area contributed by atoms with Gasteiger partial charge < -0.3 is 4.42 Å². The average Bonchev–Trinajstić information content (AvgIpc) is 3.69. The SMILES string of the molecule is CC1(C)c2ccccc2-c2ccc(-c3ccc4c(c3)oc3ccc(-c5nc(-c6ccccc6)nc(-c6cccc(-c7ccccc7)c6)n5)cc34)cc21. The van der Waals surface area contributed by atoms with Crippen molar-refractivity contribution in [1.82, 2.24) is 15.0 Å². The Hall–Kier alpha value is -6.65. The molecule has 0 spiro atoms. The molecule has 10 rings (SSSR count). The molecule has 2 aromatic heterocycles. The summed E-state index contributed by atoms with van der Waals surface area (Å²) in [4.78, 5) is 15.0. The number of aromatic nitrogens is 3. The van der Waals surface area contributed by atoms with Crippen LogP contribution in [0.5, 0.6) is 0 Å². The molecule has 52 heavy (non-hydrogen) atoms. The normalized spacial score (nSPS) is 13.0. The highest BCUT2D eigenvalue weighted by Gasteiger charge is 2.35. The average molecular weight is 668 g/mol. The molecule has 0 N–H and O–H groups in total. The fraction of sp³-hybridized carbons (Fsp3) is 0.0625. The molecule has 2 heterocycles. The number of rotatable bonds is 5. The molecular formula is C48H33N3O. The largest absolute Gasteiger partial charge is 0.456 e. The van der Waals surface area contributed by atoms with Crippen molar-refractivity contribution in [3.05, 3.63) is 175 Å². The van der Waals surface area contributed by atoms with Crippen molar-refractivity contribution in [1.29, 1.82) is 0 Å². The van der Waals surface area contributed by atoms with Crippen LogP contribution in [0.15, 0.2) is 168 Å². The summed E-state index contributed by atoms with van der Waals surface area (Å²) >= 11 is 0. The number of benzene rings is 7. The topological polar surface area (TPSA) is 51.8 Å². The second kappa shape index (κ2) is 11.7. The Kier molecular flexibility index (Phi) is 6.80. The van der Waals surface area contributed by atoms with E-state index in [4.69, 9.17) is 19.4 Å². The molecule has 1 aliphatic carbocycles. The van der Waals surface area contributed by atoms with Gasteiger partial charge in [-0.05, 0) is 87.0 Å². The molecule has 0 aliphatic heterocycles. The monoisotopic (exact) mass is 667 g/mol. The molecule has 0 amide bonds. The van der Waals surface area contributed by atoms with E-state index in [1.807, 2.05) is 48.5 Å². The molecule has 0 saturated carbocycles. The van der Waals surface area contributed by atoms with Crippen LogP contribution in [0, 0.1) is 0 Å². The fourth-order valence-corrected chi connectivity index (χ4v) is 7.80. The van der Waals surface area contributed by atoms with Crippen molar-refractivity contribution < 1.29 is 4.42 Å². The van der Waals surface area contributed by atoms with Gasteiger partial charge in [-0.2, -0.15) is 0 Å². The fourth-order valence-electron chi connectivity index (χ4n) is 7.80. The van der Waals surface area contributed by atoms with Gasteiger partial charge in [-0.25, -0.2) is 15.0 Å². The Balaban J connectivity index is 1.06. The lowest BCUT2D eigenvalue weighted by molar-refractivity contribution is 0.660. The Morgan fingerprint density at radius 1 is 0.365 bits per heavy atom. The van der Waals surface area contributed by atoms with Gasteiger partial charge in [-0.15, -0.1) is 0 Å². The zero-order valence-electron chi connectivity index (χ0n) is 28.8. The van der Waals surface area contributed by atoms with Crippen LogP contribution in [-0.2, 0) is 5.41 Å². The summed E-state index contributed by atoms with van der Waals surface area (Å²) in [6, 6.07) is 57.2. The van der Waals surface area contributed by atoms with E-state index in [0.717, 1.165) is 55.3 Å². The van der Waals surface area contributed by atoms with Crippen molar-refractivity contribution in [3.63, 3.8) is 0 Å². The van der Waals surface area contributed by atoms with E-state index in [1.54, 1.807) is 0 Å². The first-order valence-electron chi connectivity index (χ1n) is 17.7. The molecule has 0 unspecified atom stereocenters. The van der Waals surface area contributed by atoms with Crippen LogP contribution in [0.1, 0.15) is 25.0 Å². The van der Waals surface area contributed by atoms with Crippen LogP contribution in [-0.4, -0.2) is 15.0 Å². The third-order valence-corrected chi connectivity index (χ3v) is 10.5. The maximum Gasteiger partial charge on any atom is 0.164 e. The van der Waals surface area contributed by atoms with Crippen LogP contribution < -0.4 is 0 Å². The first-order chi connectivity index (χ1) is 25.5. The number of hydrogen-bond acceptors (Lipinski definition) is 4. The van der Waals surface area contributed by atoms with Crippen LogP contribution >= 0.6 is 0 Å². The Bertz CT molecular complexity index is 2820. The smallest absolute Gasteiger partial charge is 0.164 e. The molecule has 9 aromatic rings. The highest BCUT2D eigenvalue weighted by molar-refractivity contribution is 6.07. The Morgan fingerprint density at radius 3 is 1.71 bits per heavy atom. The van der Waals surface area contributed by atoms with Gasteiger partial charge in [0.2, 0.25) is 0 Å². The van der Waals surface area contributed by atoms with Gasteiger partial charge in [0, 0.05) is 32.9 Å². The number of fused-ring (bicyclic) bond motifs is 6. The van der Waals surface area contributed by atoms with Gasteiger partial charge in [-0.3, -0.25) is 0 Å². The van der Waals surface area contributed by atoms with Crippen LogP contribution in [0.25, 0.3) is 89.5 Å². The molecule has 0 fully saturated rings. The van der Waals surface area contributed by atoms with Crippen LogP contribution in [0.4, 0.5) is 0 Å². The van der Waals surface area contributed by atoms with E-state index in [1.165, 1.54) is 27.8 Å². The van der Waals surface area contributed by atoms with Crippen LogP contribution in [0.3, 0.4) is 0 Å². The number of furan rings is 1. The second-order valence-electron chi connectivity index (χ2n) is 14.1. The molecule has 4 nitrogen and oxygen atoms in total. The molecule has 1 aliphatic rings. The quantitative estimate of drug-likeness (QED) is 0.183. The lowest BCUT2D eigenvalue weighted by Crippen LogP contribution is -2.14. The van der Waals surface area contributed by atoms with Crippen LogP contribution in [0.2, 0.25) is 0 Å². The molecule has 0 radical (unpaired) electrons. The maximum atomic E-state index is 6.48. The molecule has 7 aromatic carbocycles. The Labute approximate surface area is 302 Å². The van der Waals surface area contributed by atoms with Gasteiger partial charge in [0.25, 0.3) is 0 Å². The summed E-state index contributed by atoms with van der Waals surface area (Å²) in [5.74, 6) is 1.88. The molecular weight excluding hydrogens is 635 g/mol. The predicted molar refractivity (Wildman–Crippen MR) is 212 cm³/mol. The highest BCUT2D eigenvalue weighted by atomic mass is 16.3. The number of hydrogen-bond donors (Lipinski definition) is 0. The predicted octanol–water partition coefficient (Wildman–Crippen LogP) is 12.4. The minimum Gasteiger partial charge on any atom is -0.456 e. The molecule has 4 heteroatoms. The van der Waals surface area contributed by atoms with E-state index >= 15 is 0 Å². The van der Waals surface area contributed by atoms with Gasteiger partial charge in [0.1, 0.15) is 11.2 Å². The summed E-state index contributed by atoms with van der Waals surface area (Å²) in [5, 5.41) is 2.08. The van der Waals surface area contributed by atoms with Gasteiger partial charge in [0.15, 0.2) is 17.5 Å². The van der Waals surface area contributed by atoms with Crippen molar-refractivity contribution in [2.45, 2.75) is 19.3 Å². The van der Waals surface area contributed by atoms with Crippen molar-refractivity contribution in [2.75, 3.05) is 0 Å². The van der Waals surface area contributed by atoms with Gasteiger partial charge in [0.05, 0.1) is 0 Å². The summed E-state index contributed by atoms with van der Waals surface area (Å²) in [7, 11) is 0. The van der Waals surface area contributed by atoms with E-state index in [-0.39, 0.29) is 5.41 Å². The van der Waals surface area contributed by atoms with E-state index in [2.05, 4.69) is 129 Å². The molecule has 0 saturated heterocycles. The minimum atomic E-state index is -0.0538. The molecule has 0 atom stereocenters. The maximum absolute atomic E-state index is 6.48. The van der Waals surface area contributed by atoms with Gasteiger partial charge in [-0.1, -0.05) is 135 Å². The number of nitrogens with zero attached hydrogens (tertiary/aromatic N) is 3. The van der Waals surface area contributed by atoms with E-state index in [9.17, 15) is 0 Å². The highest BCUT2D eigenvalue weighted by Crippen LogP contribution is 2.49. The first kappa shape index (κ1) is 30.2. The van der Waals surface area contributed by atoms with E-state index in [0.29, 0.717) is 17.5 Å². The second-order valence-corrected chi connectivity index (χ2v) is 14.1. The summed E-state index contributed by atoms with van der Waals surface area (Å²) in [6.07, 6.45) is 0. The first-order valence-corrected chi connectivity index (χ1v) is 17.7. The third kappa shape index (κ3) is 4.95. The lowest BCUT2D eigenvalue weighted by Gasteiger charge is -2.22. The van der Waals surface area contributed by atoms with Crippen molar-refractivity contribution in [2.24, 2.45) is 0 Å². The zero-order valence-corrected chi connectivity index (χ0v) is 28.8. The zero-order chi connectivity index (χ0) is 34.8.